The Balaban J connectivity index is 1.44. The van der Waals surface area contributed by atoms with E-state index in [-0.39, 0.29) is 6.54 Å². The molecule has 1 aromatic carbocycles. The maximum atomic E-state index is 12.9. The lowest BCUT2D eigenvalue weighted by atomic mass is 9.75. The molecule has 1 aliphatic heterocycles. The number of anilines is 1. The van der Waals surface area contributed by atoms with E-state index in [9.17, 15) is 24.0 Å². The van der Waals surface area contributed by atoms with Crippen molar-refractivity contribution in [3.63, 3.8) is 0 Å². The van der Waals surface area contributed by atoms with Gasteiger partial charge in [0.2, 0.25) is 5.91 Å². The van der Waals surface area contributed by atoms with E-state index in [2.05, 4.69) is 17.6 Å². The molecule has 34 heavy (non-hydrogen) atoms. The summed E-state index contributed by atoms with van der Waals surface area (Å²) in [6, 6.07) is 6.04. The van der Waals surface area contributed by atoms with Crippen LogP contribution in [0.4, 0.5) is 10.5 Å². The van der Waals surface area contributed by atoms with Gasteiger partial charge in [0.1, 0.15) is 12.1 Å². The SMILES string of the molecule is CCC1CCC2(CC1)NC(=O)N(CC(=O)OCC(=O)N(C)CC(=O)Nc1ccccc1Cl)C2=O. The number of benzene rings is 1. The Hall–Kier alpha value is -3.14. The van der Waals surface area contributed by atoms with Gasteiger partial charge in [0.05, 0.1) is 17.3 Å². The van der Waals surface area contributed by atoms with Gasteiger partial charge in [0.15, 0.2) is 6.61 Å². The number of carbonyl (C=O) groups is 5. The number of likely N-dealkylation sites (N-methyl/N-ethyl adjacent to an activating group) is 1. The van der Waals surface area contributed by atoms with Crippen LogP contribution in [0.2, 0.25) is 5.02 Å². The summed E-state index contributed by atoms with van der Waals surface area (Å²) in [5.41, 5.74) is -0.537. The van der Waals surface area contributed by atoms with E-state index >= 15 is 0 Å². The number of esters is 1. The van der Waals surface area contributed by atoms with Crippen molar-refractivity contribution in [1.82, 2.24) is 15.1 Å². The highest BCUT2D eigenvalue weighted by atomic mass is 35.5. The lowest BCUT2D eigenvalue weighted by Crippen LogP contribution is -2.49. The monoisotopic (exact) mass is 492 g/mol. The lowest BCUT2D eigenvalue weighted by Gasteiger charge is -2.34. The zero-order valence-electron chi connectivity index (χ0n) is 19.3. The van der Waals surface area contributed by atoms with E-state index in [1.165, 1.54) is 7.05 Å². The Labute approximate surface area is 202 Å². The minimum absolute atomic E-state index is 0.282. The first kappa shape index (κ1) is 25.5. The van der Waals surface area contributed by atoms with Crippen LogP contribution < -0.4 is 10.6 Å². The van der Waals surface area contributed by atoms with Crippen molar-refractivity contribution in [2.75, 3.05) is 32.1 Å². The molecule has 0 radical (unpaired) electrons. The number of carbonyl (C=O) groups excluding carboxylic acids is 5. The Morgan fingerprint density at radius 2 is 1.91 bits per heavy atom. The van der Waals surface area contributed by atoms with E-state index < -0.39 is 48.4 Å². The summed E-state index contributed by atoms with van der Waals surface area (Å²) in [7, 11) is 1.39. The number of nitrogens with one attached hydrogen (secondary N) is 2. The van der Waals surface area contributed by atoms with Gasteiger partial charge in [-0.1, -0.05) is 37.1 Å². The second-order valence-electron chi connectivity index (χ2n) is 8.69. The normalized spacial score (nSPS) is 21.9. The van der Waals surface area contributed by atoms with Gasteiger partial charge < -0.3 is 20.3 Å². The third-order valence-corrected chi connectivity index (χ3v) is 6.71. The van der Waals surface area contributed by atoms with E-state index in [0.717, 1.165) is 29.1 Å². The highest BCUT2D eigenvalue weighted by Gasteiger charge is 2.52. The van der Waals surface area contributed by atoms with Crippen molar-refractivity contribution < 1.29 is 28.7 Å². The van der Waals surface area contributed by atoms with Crippen LogP contribution >= 0.6 is 11.6 Å². The fourth-order valence-corrected chi connectivity index (χ4v) is 4.40. The molecule has 0 bridgehead atoms. The highest BCUT2D eigenvalue weighted by Crippen LogP contribution is 2.37. The van der Waals surface area contributed by atoms with Gasteiger partial charge in [-0.15, -0.1) is 0 Å². The van der Waals surface area contributed by atoms with Crippen LogP contribution in [0.3, 0.4) is 0 Å². The van der Waals surface area contributed by atoms with Crippen LogP contribution in [-0.2, 0) is 23.9 Å². The number of imide groups is 1. The molecule has 5 amide bonds. The first-order valence-corrected chi connectivity index (χ1v) is 11.6. The fourth-order valence-electron chi connectivity index (χ4n) is 4.22. The number of amides is 5. The Bertz CT molecular complexity index is 976. The van der Waals surface area contributed by atoms with Gasteiger partial charge in [-0.05, 0) is 43.7 Å². The number of urea groups is 1. The molecule has 184 valence electrons. The predicted octanol–water partition coefficient (Wildman–Crippen LogP) is 2.17. The number of rotatable bonds is 8. The zero-order valence-corrected chi connectivity index (χ0v) is 20.0. The Morgan fingerprint density at radius 3 is 2.56 bits per heavy atom. The maximum absolute atomic E-state index is 12.9. The summed E-state index contributed by atoms with van der Waals surface area (Å²) in [6.07, 6.45) is 3.79. The minimum Gasteiger partial charge on any atom is -0.454 e. The first-order valence-electron chi connectivity index (χ1n) is 11.2. The zero-order chi connectivity index (χ0) is 24.9. The number of hydrogen-bond acceptors (Lipinski definition) is 6. The summed E-state index contributed by atoms with van der Waals surface area (Å²) in [4.78, 5) is 63.8. The molecular weight excluding hydrogens is 464 g/mol. The molecule has 2 N–H and O–H groups in total. The number of nitrogens with zero attached hydrogens (tertiary/aromatic N) is 2. The molecule has 1 aliphatic carbocycles. The van der Waals surface area contributed by atoms with E-state index in [4.69, 9.17) is 16.3 Å². The average Bonchev–Trinajstić information content (AvgIpc) is 3.03. The minimum atomic E-state index is -0.950. The molecule has 10 nitrogen and oxygen atoms in total. The summed E-state index contributed by atoms with van der Waals surface area (Å²) in [5, 5.41) is 5.70. The van der Waals surface area contributed by atoms with Crippen LogP contribution in [0, 0.1) is 5.92 Å². The second-order valence-corrected chi connectivity index (χ2v) is 9.10. The van der Waals surface area contributed by atoms with Crippen LogP contribution in [-0.4, -0.2) is 71.8 Å². The lowest BCUT2D eigenvalue weighted by molar-refractivity contribution is -0.153. The van der Waals surface area contributed by atoms with Gasteiger partial charge in [-0.25, -0.2) is 4.79 Å². The largest absolute Gasteiger partial charge is 0.454 e. The van der Waals surface area contributed by atoms with Crippen LogP contribution in [0.15, 0.2) is 24.3 Å². The number of para-hydroxylation sites is 1. The molecule has 1 aromatic rings. The molecule has 11 heteroatoms. The van der Waals surface area contributed by atoms with Gasteiger partial charge in [-0.3, -0.25) is 24.1 Å². The summed E-state index contributed by atoms with van der Waals surface area (Å²) in [5.74, 6) is -1.87. The van der Waals surface area contributed by atoms with Crippen molar-refractivity contribution >= 4 is 47.0 Å². The Morgan fingerprint density at radius 1 is 1.24 bits per heavy atom. The molecule has 1 saturated carbocycles. The fraction of sp³-hybridized carbons (Fsp3) is 0.522. The molecule has 1 heterocycles. The molecule has 1 saturated heterocycles. The molecule has 2 fully saturated rings. The molecule has 1 spiro atoms. The van der Waals surface area contributed by atoms with Crippen molar-refractivity contribution in [3.8, 4) is 0 Å². The molecule has 2 aliphatic rings. The summed E-state index contributed by atoms with van der Waals surface area (Å²) >= 11 is 5.99. The van der Waals surface area contributed by atoms with Crippen molar-refractivity contribution in [1.29, 1.82) is 0 Å². The van der Waals surface area contributed by atoms with Crippen molar-refractivity contribution in [3.05, 3.63) is 29.3 Å². The molecule has 3 rings (SSSR count). The van der Waals surface area contributed by atoms with E-state index in [1.807, 2.05) is 0 Å². The van der Waals surface area contributed by atoms with Crippen LogP contribution in [0.5, 0.6) is 0 Å². The summed E-state index contributed by atoms with van der Waals surface area (Å²) < 4.78 is 4.96. The third kappa shape index (κ3) is 5.85. The van der Waals surface area contributed by atoms with Gasteiger partial charge in [-0.2, -0.15) is 0 Å². The van der Waals surface area contributed by atoms with Crippen LogP contribution in [0.1, 0.15) is 39.0 Å². The summed E-state index contributed by atoms with van der Waals surface area (Å²) in [6.45, 7) is 0.620. The standard InChI is InChI=1S/C23H29ClN4O6/c1-3-15-8-10-23(11-9-15)21(32)28(22(33)26-23)13-20(31)34-14-19(30)27(2)12-18(29)25-17-7-5-4-6-16(17)24/h4-7,15H,3,8-14H2,1-2H3,(H,25,29)(H,26,33). The molecule has 0 unspecified atom stereocenters. The second kappa shape index (κ2) is 10.9. The number of hydrogen-bond donors (Lipinski definition) is 2. The van der Waals surface area contributed by atoms with E-state index in [1.54, 1.807) is 24.3 Å². The molecular formula is C23H29ClN4O6. The van der Waals surface area contributed by atoms with Crippen LogP contribution in [0.25, 0.3) is 0 Å². The quantitative estimate of drug-likeness (QED) is 0.423. The topological polar surface area (TPSA) is 125 Å². The molecule has 0 atom stereocenters. The predicted molar refractivity (Wildman–Crippen MR) is 124 cm³/mol. The Kier molecular flexibility index (Phi) is 8.14. The van der Waals surface area contributed by atoms with Gasteiger partial charge >= 0.3 is 12.0 Å². The smallest absolute Gasteiger partial charge is 0.326 e. The van der Waals surface area contributed by atoms with Crippen molar-refractivity contribution in [2.45, 2.75) is 44.6 Å². The highest BCUT2D eigenvalue weighted by molar-refractivity contribution is 6.33. The van der Waals surface area contributed by atoms with Crippen molar-refractivity contribution in [2.24, 2.45) is 5.92 Å². The number of ether oxygens (including phenoxy) is 1. The average molecular weight is 493 g/mol. The van der Waals surface area contributed by atoms with E-state index in [0.29, 0.717) is 29.5 Å². The third-order valence-electron chi connectivity index (χ3n) is 6.38. The number of halogens is 1. The van der Waals surface area contributed by atoms with Gasteiger partial charge in [0.25, 0.3) is 11.8 Å². The maximum Gasteiger partial charge on any atom is 0.326 e. The molecule has 0 aromatic heterocycles. The first-order chi connectivity index (χ1) is 16.1. The van der Waals surface area contributed by atoms with Gasteiger partial charge in [0, 0.05) is 7.05 Å².